The van der Waals surface area contributed by atoms with E-state index < -0.39 is 15.4 Å². The lowest BCUT2D eigenvalue weighted by Gasteiger charge is -2.42. The molecule has 0 amide bonds. The summed E-state index contributed by atoms with van der Waals surface area (Å²) in [4.78, 5) is 7.70. The van der Waals surface area contributed by atoms with Gasteiger partial charge in [0.05, 0.1) is 11.1 Å². The van der Waals surface area contributed by atoms with Gasteiger partial charge in [-0.1, -0.05) is 218 Å². The first-order valence-corrected chi connectivity index (χ1v) is 25.4. The summed E-state index contributed by atoms with van der Waals surface area (Å²) in [6, 6.07) is 110. The molecule has 0 radical (unpaired) electrons. The number of nitrogens with zero attached hydrogens (tertiary/aromatic N) is 1. The SMILES string of the molecule is c1ccc(-c2ccccc2N(c2ccc(-c3ccc(S(c4ccccc4)(c4ccccc4)c4ccccc4)cc3)cc2)c2ccc3c(c2)C(c2ccccc2)(c2ccccc2)c2ccccc2-3)cc1. The molecule has 12 rings (SSSR count). The van der Waals surface area contributed by atoms with E-state index in [9.17, 15) is 0 Å². The highest BCUT2D eigenvalue weighted by Crippen LogP contribution is 2.73. The van der Waals surface area contributed by atoms with E-state index >= 15 is 0 Å². The molecule has 0 aliphatic heterocycles. The van der Waals surface area contributed by atoms with Crippen LogP contribution in [0.4, 0.5) is 17.1 Å². The maximum Gasteiger partial charge on any atom is 0.0714 e. The zero-order valence-electron chi connectivity index (χ0n) is 38.1. The highest BCUT2D eigenvalue weighted by atomic mass is 32.3. The number of benzene rings is 11. The summed E-state index contributed by atoms with van der Waals surface area (Å²) in [6.07, 6.45) is 0. The van der Waals surface area contributed by atoms with Gasteiger partial charge in [-0.2, -0.15) is 0 Å². The second-order valence-corrected chi connectivity index (χ2v) is 20.7. The number of hydrogen-bond acceptors (Lipinski definition) is 1. The van der Waals surface area contributed by atoms with Crippen LogP contribution in [-0.4, -0.2) is 0 Å². The van der Waals surface area contributed by atoms with Gasteiger partial charge in [0.15, 0.2) is 0 Å². The first kappa shape index (κ1) is 42.0. The molecule has 0 bridgehead atoms. The number of rotatable bonds is 11. The van der Waals surface area contributed by atoms with Crippen LogP contribution in [0.15, 0.2) is 317 Å². The third-order valence-corrected chi connectivity index (χ3v) is 17.8. The van der Waals surface area contributed by atoms with E-state index in [1.165, 1.54) is 69.7 Å². The molecule has 0 atom stereocenters. The van der Waals surface area contributed by atoms with Crippen molar-refractivity contribution >= 4 is 27.1 Å². The second-order valence-electron chi connectivity index (χ2n) is 17.6. The van der Waals surface area contributed by atoms with Crippen molar-refractivity contribution in [1.29, 1.82) is 0 Å². The normalized spacial score (nSPS) is 12.7. The number of para-hydroxylation sites is 1. The molecule has 11 aromatic carbocycles. The van der Waals surface area contributed by atoms with Gasteiger partial charge < -0.3 is 4.90 Å². The maximum atomic E-state index is 2.46. The van der Waals surface area contributed by atoms with Gasteiger partial charge in [-0.3, -0.25) is 0 Å². The van der Waals surface area contributed by atoms with E-state index in [-0.39, 0.29) is 0 Å². The summed E-state index contributed by atoms with van der Waals surface area (Å²) in [5.41, 5.74) is 15.1. The standard InChI is InChI=1S/C67H49NS/c1-7-23-52(24-8-1)61-35-20-22-38-66(61)68(56-45-48-63-62-36-19-21-37-64(62)67(65(63)49-56,53-25-9-2-10-26-53)54-27-11-3-12-28-54)55-43-39-50(40-44-55)51-41-46-60(47-42-51)69(57-29-13-4-14-30-57,58-31-15-5-16-32-58)59-33-17-6-18-34-59/h1-49H. The van der Waals surface area contributed by atoms with Crippen molar-refractivity contribution in [1.82, 2.24) is 0 Å². The largest absolute Gasteiger partial charge is 0.310 e. The van der Waals surface area contributed by atoms with Crippen molar-refractivity contribution in [3.05, 3.63) is 320 Å². The van der Waals surface area contributed by atoms with Crippen LogP contribution < -0.4 is 4.90 Å². The van der Waals surface area contributed by atoms with Crippen LogP contribution >= 0.6 is 10.0 Å². The maximum absolute atomic E-state index is 2.46. The lowest BCUT2D eigenvalue weighted by atomic mass is 9.67. The number of hydrogen-bond donors (Lipinski definition) is 0. The quantitative estimate of drug-likeness (QED) is 0.125. The Labute approximate surface area is 407 Å². The molecule has 0 N–H and O–H groups in total. The van der Waals surface area contributed by atoms with Crippen LogP contribution in [0, 0.1) is 0 Å². The van der Waals surface area contributed by atoms with E-state index in [1.807, 2.05) is 0 Å². The van der Waals surface area contributed by atoms with Crippen molar-refractivity contribution in [3.63, 3.8) is 0 Å². The molecule has 0 heterocycles. The first-order valence-electron chi connectivity index (χ1n) is 23.7. The predicted octanol–water partition coefficient (Wildman–Crippen LogP) is 18.2. The Bertz CT molecular complexity index is 3370. The molecule has 0 unspecified atom stereocenters. The minimum absolute atomic E-state index is 0.522. The summed E-state index contributed by atoms with van der Waals surface area (Å²) in [6.45, 7) is 0. The molecular formula is C67H49NS. The minimum Gasteiger partial charge on any atom is -0.310 e. The monoisotopic (exact) mass is 899 g/mol. The van der Waals surface area contributed by atoms with Crippen LogP contribution in [0.3, 0.4) is 0 Å². The fraction of sp³-hybridized carbons (Fsp3) is 0.0149. The van der Waals surface area contributed by atoms with Crippen LogP contribution in [0.2, 0.25) is 0 Å². The Balaban J connectivity index is 1.01. The summed E-state index contributed by atoms with van der Waals surface area (Å²) < 4.78 is 0. The lowest BCUT2D eigenvalue weighted by molar-refractivity contribution is 0.768. The Morgan fingerprint density at radius 1 is 0.261 bits per heavy atom. The van der Waals surface area contributed by atoms with Gasteiger partial charge >= 0.3 is 0 Å². The third-order valence-electron chi connectivity index (χ3n) is 13.9. The smallest absolute Gasteiger partial charge is 0.0714 e. The fourth-order valence-corrected chi connectivity index (χ4v) is 14.7. The highest BCUT2D eigenvalue weighted by molar-refractivity contribution is 8.34. The number of anilines is 3. The van der Waals surface area contributed by atoms with E-state index in [4.69, 9.17) is 0 Å². The van der Waals surface area contributed by atoms with Crippen LogP contribution in [0.25, 0.3) is 33.4 Å². The van der Waals surface area contributed by atoms with Crippen molar-refractivity contribution in [2.75, 3.05) is 4.90 Å². The van der Waals surface area contributed by atoms with Gasteiger partial charge in [0.1, 0.15) is 0 Å². The average Bonchev–Trinajstić information content (AvgIpc) is 3.74. The van der Waals surface area contributed by atoms with Crippen molar-refractivity contribution < 1.29 is 0 Å². The first-order chi connectivity index (χ1) is 34.2. The van der Waals surface area contributed by atoms with Crippen LogP contribution in [0.5, 0.6) is 0 Å². The molecule has 1 aliphatic rings. The average molecular weight is 900 g/mol. The minimum atomic E-state index is -1.79. The fourth-order valence-electron chi connectivity index (χ4n) is 10.9. The molecule has 2 heteroatoms. The third kappa shape index (κ3) is 7.12. The highest BCUT2D eigenvalue weighted by Gasteiger charge is 2.46. The zero-order chi connectivity index (χ0) is 46.0. The van der Waals surface area contributed by atoms with Crippen LogP contribution in [0.1, 0.15) is 22.3 Å². The molecule has 1 aliphatic carbocycles. The topological polar surface area (TPSA) is 3.24 Å². The van der Waals surface area contributed by atoms with E-state index in [1.54, 1.807) is 0 Å². The molecule has 0 spiro atoms. The summed E-state index contributed by atoms with van der Waals surface area (Å²) in [5, 5.41) is 0. The van der Waals surface area contributed by atoms with Gasteiger partial charge in [0, 0.05) is 36.5 Å². The second kappa shape index (κ2) is 18.0. The van der Waals surface area contributed by atoms with Gasteiger partial charge in [-0.15, -0.1) is 10.0 Å². The van der Waals surface area contributed by atoms with Gasteiger partial charge in [0.25, 0.3) is 0 Å². The summed E-state index contributed by atoms with van der Waals surface area (Å²) in [5.74, 6) is 0. The molecule has 69 heavy (non-hydrogen) atoms. The Morgan fingerprint density at radius 3 is 1.19 bits per heavy atom. The predicted molar refractivity (Wildman–Crippen MR) is 289 cm³/mol. The Morgan fingerprint density at radius 2 is 0.652 bits per heavy atom. The lowest BCUT2D eigenvalue weighted by Crippen LogP contribution is -2.28. The van der Waals surface area contributed by atoms with E-state index in [0.29, 0.717) is 0 Å². The summed E-state index contributed by atoms with van der Waals surface area (Å²) in [7, 11) is -1.79. The Kier molecular flexibility index (Phi) is 10.9. The molecule has 328 valence electrons. The molecule has 1 nitrogen and oxygen atoms in total. The van der Waals surface area contributed by atoms with Crippen molar-refractivity contribution in [2.45, 2.75) is 25.0 Å². The van der Waals surface area contributed by atoms with Crippen LogP contribution in [-0.2, 0) is 5.41 Å². The molecule has 11 aromatic rings. The van der Waals surface area contributed by atoms with Crippen molar-refractivity contribution in [2.24, 2.45) is 0 Å². The molecule has 0 fully saturated rings. The van der Waals surface area contributed by atoms with Gasteiger partial charge in [0.2, 0.25) is 0 Å². The van der Waals surface area contributed by atoms with Crippen molar-refractivity contribution in [3.8, 4) is 33.4 Å². The molecule has 0 saturated heterocycles. The molecular weight excluding hydrogens is 851 g/mol. The Hall–Kier alpha value is -8.43. The number of fused-ring (bicyclic) bond motifs is 3. The van der Waals surface area contributed by atoms with E-state index in [0.717, 1.165) is 22.6 Å². The molecule has 0 aromatic heterocycles. The van der Waals surface area contributed by atoms with E-state index in [2.05, 4.69) is 302 Å². The zero-order valence-corrected chi connectivity index (χ0v) is 39.0. The van der Waals surface area contributed by atoms with Gasteiger partial charge in [-0.25, -0.2) is 0 Å². The summed E-state index contributed by atoms with van der Waals surface area (Å²) >= 11 is 0. The van der Waals surface area contributed by atoms with Gasteiger partial charge in [-0.05, 0) is 129 Å². The molecule has 0 saturated carbocycles.